The van der Waals surface area contributed by atoms with Crippen molar-refractivity contribution in [1.29, 1.82) is 0 Å². The van der Waals surface area contributed by atoms with Crippen LogP contribution in [0.25, 0.3) is 0 Å². The van der Waals surface area contributed by atoms with Crippen LogP contribution in [0.5, 0.6) is 0 Å². The van der Waals surface area contributed by atoms with E-state index in [0.29, 0.717) is 5.02 Å². The van der Waals surface area contributed by atoms with Crippen LogP contribution in [0.2, 0.25) is 10.0 Å². The van der Waals surface area contributed by atoms with Crippen molar-refractivity contribution >= 4 is 52.3 Å². The molecule has 9 heteroatoms. The van der Waals surface area contributed by atoms with Gasteiger partial charge in [0.25, 0.3) is 11.8 Å². The van der Waals surface area contributed by atoms with Crippen LogP contribution in [0.4, 0.5) is 15.8 Å². The molecule has 1 atom stereocenters. The molecule has 28 heavy (non-hydrogen) atoms. The third kappa shape index (κ3) is 2.65. The quantitative estimate of drug-likeness (QED) is 0.803. The van der Waals surface area contributed by atoms with Gasteiger partial charge in [0.15, 0.2) is 0 Å². The number of carbonyl (C=O) groups is 3. The van der Waals surface area contributed by atoms with Crippen LogP contribution in [0.1, 0.15) is 23.2 Å². The van der Waals surface area contributed by atoms with Crippen molar-refractivity contribution in [2.45, 2.75) is 18.5 Å². The average Bonchev–Trinajstić information content (AvgIpc) is 2.97. The summed E-state index contributed by atoms with van der Waals surface area (Å²) in [7, 11) is 1.46. The molecule has 3 amide bonds. The highest BCUT2D eigenvalue weighted by molar-refractivity contribution is 6.32. The molecule has 2 aromatic carbocycles. The average molecular weight is 422 g/mol. The normalized spacial score (nSPS) is 20.9. The lowest BCUT2D eigenvalue weighted by Gasteiger charge is -2.47. The Balaban J connectivity index is 1.82. The summed E-state index contributed by atoms with van der Waals surface area (Å²) in [5.41, 5.74) is -0.892. The van der Waals surface area contributed by atoms with Crippen molar-refractivity contribution in [2.75, 3.05) is 17.3 Å². The molecular weight excluding hydrogens is 408 g/mol. The van der Waals surface area contributed by atoms with E-state index < -0.39 is 23.3 Å². The summed E-state index contributed by atoms with van der Waals surface area (Å²) in [5, 5.41) is 3.03. The molecule has 0 aliphatic carbocycles. The van der Waals surface area contributed by atoms with Gasteiger partial charge in [0.05, 0.1) is 11.3 Å². The predicted molar refractivity (Wildman–Crippen MR) is 103 cm³/mol. The molecule has 0 aromatic heterocycles. The molecule has 0 saturated carbocycles. The van der Waals surface area contributed by atoms with E-state index >= 15 is 0 Å². The van der Waals surface area contributed by atoms with Crippen LogP contribution in [0.15, 0.2) is 36.4 Å². The lowest BCUT2D eigenvalue weighted by molar-refractivity contribution is -0.128. The molecule has 2 heterocycles. The summed E-state index contributed by atoms with van der Waals surface area (Å²) in [6.07, 6.45) is 0.163. The minimum atomic E-state index is -1.58. The molecule has 0 radical (unpaired) electrons. The van der Waals surface area contributed by atoms with E-state index in [1.54, 1.807) is 6.07 Å². The zero-order valence-corrected chi connectivity index (χ0v) is 16.1. The van der Waals surface area contributed by atoms with Gasteiger partial charge >= 0.3 is 0 Å². The number of nitrogens with one attached hydrogen (secondary N) is 1. The number of likely N-dealkylation sites (N-methyl/N-ethyl adjacent to an activating group) is 1. The fourth-order valence-electron chi connectivity index (χ4n) is 3.81. The number of benzene rings is 2. The zero-order chi connectivity index (χ0) is 20.2. The van der Waals surface area contributed by atoms with E-state index in [1.165, 1.54) is 35.0 Å². The van der Waals surface area contributed by atoms with Gasteiger partial charge in [0.2, 0.25) is 11.6 Å². The number of fused-ring (bicyclic) bond motifs is 3. The van der Waals surface area contributed by atoms with Crippen LogP contribution in [-0.2, 0) is 9.59 Å². The largest absolute Gasteiger partial charge is 0.322 e. The number of hydrogen-bond acceptors (Lipinski definition) is 3. The highest BCUT2D eigenvalue weighted by Gasteiger charge is 2.59. The van der Waals surface area contributed by atoms with Crippen molar-refractivity contribution in [3.8, 4) is 0 Å². The van der Waals surface area contributed by atoms with Gasteiger partial charge in [0, 0.05) is 35.6 Å². The molecular formula is C19H14Cl2FN3O3. The van der Waals surface area contributed by atoms with Crippen molar-refractivity contribution in [1.82, 2.24) is 4.90 Å². The van der Waals surface area contributed by atoms with Crippen molar-refractivity contribution < 1.29 is 18.8 Å². The van der Waals surface area contributed by atoms with E-state index in [4.69, 9.17) is 23.2 Å². The lowest BCUT2D eigenvalue weighted by atomic mass is 9.96. The smallest absolute Gasteiger partial charge is 0.271 e. The molecule has 1 saturated heterocycles. The van der Waals surface area contributed by atoms with Crippen LogP contribution >= 0.6 is 23.2 Å². The summed E-state index contributed by atoms with van der Waals surface area (Å²) in [6, 6.07) is 8.17. The van der Waals surface area contributed by atoms with Crippen LogP contribution in [-0.4, -0.2) is 35.3 Å². The molecule has 1 unspecified atom stereocenters. The molecule has 4 rings (SSSR count). The van der Waals surface area contributed by atoms with Gasteiger partial charge in [-0.05, 0) is 36.4 Å². The number of carbonyl (C=O) groups excluding carboxylic acids is 3. The Bertz CT molecular complexity index is 1020. The summed E-state index contributed by atoms with van der Waals surface area (Å²) in [4.78, 5) is 41.5. The van der Waals surface area contributed by atoms with Crippen molar-refractivity contribution in [3.63, 3.8) is 0 Å². The number of nitrogens with zero attached hydrogens (tertiary/aromatic N) is 2. The number of hydrogen-bond donors (Lipinski definition) is 1. The standard InChI is InChI=1S/C19H14Cl2FN3O3/c1-24-17(27)14-3-2-10(20)8-15(14)25-16(26)4-5-19(24,25)18(28)23-13-7-11(21)6-12(22)9-13/h2-3,6-9H,4-5H2,1H3,(H,23,28). The fourth-order valence-corrected chi connectivity index (χ4v) is 4.19. The van der Waals surface area contributed by atoms with Crippen LogP contribution < -0.4 is 10.2 Å². The van der Waals surface area contributed by atoms with E-state index in [1.807, 2.05) is 0 Å². The Labute approximate surface area is 169 Å². The predicted octanol–water partition coefficient (Wildman–Crippen LogP) is 3.68. The van der Waals surface area contributed by atoms with E-state index in [9.17, 15) is 18.8 Å². The van der Waals surface area contributed by atoms with E-state index in [-0.39, 0.29) is 40.7 Å². The van der Waals surface area contributed by atoms with E-state index in [0.717, 1.165) is 12.1 Å². The maximum atomic E-state index is 13.6. The van der Waals surface area contributed by atoms with Gasteiger partial charge in [-0.25, -0.2) is 4.39 Å². The van der Waals surface area contributed by atoms with Crippen molar-refractivity contribution in [2.24, 2.45) is 0 Å². The second-order valence-electron chi connectivity index (χ2n) is 6.68. The number of amides is 3. The number of anilines is 2. The first-order valence-corrected chi connectivity index (χ1v) is 9.18. The minimum absolute atomic E-state index is 0.0703. The summed E-state index contributed by atoms with van der Waals surface area (Å²) in [5.74, 6) is -1.98. The molecule has 6 nitrogen and oxygen atoms in total. The number of rotatable bonds is 2. The van der Waals surface area contributed by atoms with Gasteiger partial charge in [0.1, 0.15) is 5.82 Å². The highest BCUT2D eigenvalue weighted by atomic mass is 35.5. The second-order valence-corrected chi connectivity index (χ2v) is 7.56. The van der Waals surface area contributed by atoms with Gasteiger partial charge in [-0.15, -0.1) is 0 Å². The first-order valence-electron chi connectivity index (χ1n) is 8.42. The molecule has 0 spiro atoms. The Hall–Kier alpha value is -2.64. The first-order chi connectivity index (χ1) is 13.2. The Morgan fingerprint density at radius 2 is 1.89 bits per heavy atom. The molecule has 0 bridgehead atoms. The maximum absolute atomic E-state index is 13.6. The highest BCUT2D eigenvalue weighted by Crippen LogP contribution is 2.45. The van der Waals surface area contributed by atoms with E-state index in [2.05, 4.69) is 5.32 Å². The summed E-state index contributed by atoms with van der Waals surface area (Å²) < 4.78 is 13.6. The number of halogens is 3. The molecule has 2 aromatic rings. The summed E-state index contributed by atoms with van der Waals surface area (Å²) in [6.45, 7) is 0. The zero-order valence-electron chi connectivity index (χ0n) is 14.6. The molecule has 2 aliphatic heterocycles. The Kier molecular flexibility index (Phi) is 4.32. The third-order valence-electron chi connectivity index (χ3n) is 5.08. The van der Waals surface area contributed by atoms with Gasteiger partial charge in [-0.2, -0.15) is 0 Å². The van der Waals surface area contributed by atoms with Crippen molar-refractivity contribution in [3.05, 3.63) is 57.8 Å². The van der Waals surface area contributed by atoms with Gasteiger partial charge in [-0.3, -0.25) is 19.3 Å². The van der Waals surface area contributed by atoms with Crippen LogP contribution in [0.3, 0.4) is 0 Å². The van der Waals surface area contributed by atoms with Crippen LogP contribution in [0, 0.1) is 5.82 Å². The molecule has 1 N–H and O–H groups in total. The topological polar surface area (TPSA) is 69.7 Å². The third-order valence-corrected chi connectivity index (χ3v) is 5.53. The SMILES string of the molecule is CN1C(=O)c2ccc(Cl)cc2N2C(=O)CCC12C(=O)Nc1cc(F)cc(Cl)c1. The second kappa shape index (κ2) is 6.46. The molecule has 1 fully saturated rings. The Morgan fingerprint density at radius 3 is 2.61 bits per heavy atom. The maximum Gasteiger partial charge on any atom is 0.271 e. The Morgan fingerprint density at radius 1 is 1.14 bits per heavy atom. The lowest BCUT2D eigenvalue weighted by Crippen LogP contribution is -2.68. The first kappa shape index (κ1) is 18.7. The fraction of sp³-hybridized carbons (Fsp3) is 0.211. The van der Waals surface area contributed by atoms with Gasteiger partial charge in [-0.1, -0.05) is 23.2 Å². The molecule has 2 aliphatic rings. The molecule has 144 valence electrons. The monoisotopic (exact) mass is 421 g/mol. The summed E-state index contributed by atoms with van der Waals surface area (Å²) >= 11 is 11.9. The van der Waals surface area contributed by atoms with Gasteiger partial charge < -0.3 is 10.2 Å². The minimum Gasteiger partial charge on any atom is -0.322 e.